The molecule has 0 aromatic heterocycles. The van der Waals surface area contributed by atoms with Crippen molar-refractivity contribution >= 4 is 35.7 Å². The second-order valence-electron chi connectivity index (χ2n) is 5.63. The van der Waals surface area contributed by atoms with Crippen molar-refractivity contribution in [3.63, 3.8) is 0 Å². The summed E-state index contributed by atoms with van der Waals surface area (Å²) in [6, 6.07) is -1.89. The average molecular weight is 491 g/mol. The molecule has 2 amide bonds. The SMILES string of the molecule is CC(=O)O.CC(N)=O.CC(N)C(=O)O.CC(O)C(N)C(=O)O.CCCC(=O)O.NC(=O)CO. The van der Waals surface area contributed by atoms with Crippen molar-refractivity contribution in [2.24, 2.45) is 22.9 Å². The van der Waals surface area contributed by atoms with Gasteiger partial charge in [0.05, 0.1) is 6.10 Å². The van der Waals surface area contributed by atoms with Gasteiger partial charge in [-0.25, -0.2) is 0 Å². The molecule has 3 atom stereocenters. The molecule has 0 aromatic carbocycles. The van der Waals surface area contributed by atoms with Gasteiger partial charge in [0.2, 0.25) is 11.8 Å². The monoisotopic (exact) mass is 490 g/mol. The molecule has 0 fully saturated rings. The molecule has 0 aliphatic heterocycles. The zero-order valence-corrected chi connectivity index (χ0v) is 19.3. The minimum Gasteiger partial charge on any atom is -0.481 e. The van der Waals surface area contributed by atoms with Gasteiger partial charge in [-0.1, -0.05) is 6.92 Å². The van der Waals surface area contributed by atoms with E-state index in [0.29, 0.717) is 6.42 Å². The van der Waals surface area contributed by atoms with Crippen LogP contribution in [0, 0.1) is 0 Å². The van der Waals surface area contributed by atoms with Crippen LogP contribution in [0.2, 0.25) is 0 Å². The number of hydrogen-bond acceptors (Lipinski definition) is 10. The van der Waals surface area contributed by atoms with Crippen molar-refractivity contribution in [1.29, 1.82) is 0 Å². The third-order valence-corrected chi connectivity index (χ3v) is 1.81. The molecule has 0 radical (unpaired) electrons. The number of carbonyl (C=O) groups excluding carboxylic acids is 2. The average Bonchev–Trinajstić information content (AvgIpc) is 2.61. The van der Waals surface area contributed by atoms with Crippen LogP contribution in [0.5, 0.6) is 0 Å². The van der Waals surface area contributed by atoms with Gasteiger partial charge in [0.25, 0.3) is 5.97 Å². The zero-order valence-electron chi connectivity index (χ0n) is 19.3. The summed E-state index contributed by atoms with van der Waals surface area (Å²) < 4.78 is 0. The van der Waals surface area contributed by atoms with Crippen LogP contribution in [0.1, 0.15) is 47.5 Å². The molecule has 0 aliphatic carbocycles. The van der Waals surface area contributed by atoms with E-state index in [0.717, 1.165) is 13.3 Å². The lowest BCUT2D eigenvalue weighted by atomic mass is 10.2. The number of rotatable bonds is 6. The highest BCUT2D eigenvalue weighted by atomic mass is 16.4. The number of nitrogens with two attached hydrogens (primary N) is 4. The first-order valence-electron chi connectivity index (χ1n) is 8.92. The Morgan fingerprint density at radius 2 is 1.06 bits per heavy atom. The summed E-state index contributed by atoms with van der Waals surface area (Å²) in [5.74, 6) is -4.71. The van der Waals surface area contributed by atoms with Crippen LogP contribution in [0.25, 0.3) is 0 Å². The molecule has 0 saturated heterocycles. The third kappa shape index (κ3) is 109. The fourth-order valence-corrected chi connectivity index (χ4v) is 0.420. The lowest BCUT2D eigenvalue weighted by Crippen LogP contribution is -2.39. The highest BCUT2D eigenvalue weighted by Crippen LogP contribution is 1.85. The zero-order chi connectivity index (χ0) is 28.3. The molecular formula is C17H38N4O12. The van der Waals surface area contributed by atoms with Crippen molar-refractivity contribution in [3.05, 3.63) is 0 Å². The smallest absolute Gasteiger partial charge is 0.323 e. The van der Waals surface area contributed by atoms with E-state index in [4.69, 9.17) is 46.9 Å². The predicted molar refractivity (Wildman–Crippen MR) is 116 cm³/mol. The number of carbonyl (C=O) groups is 6. The molecule has 0 bridgehead atoms. The maximum Gasteiger partial charge on any atom is 0.323 e. The Labute approximate surface area is 191 Å². The van der Waals surface area contributed by atoms with E-state index in [1.807, 2.05) is 6.92 Å². The van der Waals surface area contributed by atoms with Gasteiger partial charge in [-0.05, 0) is 20.3 Å². The molecule has 16 heteroatoms. The summed E-state index contributed by atoms with van der Waals surface area (Å²) in [4.78, 5) is 56.6. The van der Waals surface area contributed by atoms with Gasteiger partial charge in [-0.3, -0.25) is 28.8 Å². The van der Waals surface area contributed by atoms with Crippen LogP contribution in [-0.4, -0.2) is 91.1 Å². The predicted octanol–water partition coefficient (Wildman–Crippen LogP) is -2.89. The van der Waals surface area contributed by atoms with Crippen LogP contribution in [0.15, 0.2) is 0 Å². The van der Waals surface area contributed by atoms with Crippen LogP contribution in [-0.2, 0) is 28.8 Å². The van der Waals surface area contributed by atoms with Crippen LogP contribution >= 0.6 is 0 Å². The molecule has 0 saturated carbocycles. The van der Waals surface area contributed by atoms with Crippen molar-refractivity contribution in [2.45, 2.75) is 65.6 Å². The number of aliphatic carboxylic acids is 4. The number of primary amides is 2. The van der Waals surface area contributed by atoms with E-state index in [1.165, 1.54) is 20.8 Å². The topological polar surface area (TPSA) is 328 Å². The van der Waals surface area contributed by atoms with Gasteiger partial charge < -0.3 is 53.6 Å². The molecule has 14 N–H and O–H groups in total. The quantitative estimate of drug-likeness (QED) is 0.179. The minimum atomic E-state index is -1.18. The molecule has 0 rings (SSSR count). The first-order chi connectivity index (χ1) is 14.7. The van der Waals surface area contributed by atoms with Crippen molar-refractivity contribution in [2.75, 3.05) is 6.61 Å². The standard InChI is InChI=1S/C4H9NO3.C4H8O2.C3H7NO2.C2H5NO2.C2H5NO.C2H4O2/c1-2(6)3(5)4(7)8;1-2-3-4(5)6;1-2(4)3(5)6;3-2(5)1-4;2*1-2(3)4/h2-3,6H,5H2,1H3,(H,7,8);2-3H2,1H3,(H,5,6);2H,4H2,1H3,(H,5,6);4H,1H2,(H2,3,5);1H3,(H2,3,4);1H3,(H,3,4). The third-order valence-electron chi connectivity index (χ3n) is 1.81. The van der Waals surface area contributed by atoms with Crippen LogP contribution < -0.4 is 22.9 Å². The molecule has 0 aliphatic rings. The number of aliphatic hydroxyl groups excluding tert-OH is 2. The number of aliphatic hydroxyl groups is 2. The Balaban J connectivity index is -0.0000000675. The lowest BCUT2D eigenvalue weighted by Gasteiger charge is -2.06. The minimum absolute atomic E-state index is 0.292. The summed E-state index contributed by atoms with van der Waals surface area (Å²) in [7, 11) is 0. The number of carboxylic acid groups (broad SMARTS) is 4. The normalized spacial score (nSPS) is 10.8. The summed E-state index contributed by atoms with van der Waals surface area (Å²) >= 11 is 0. The highest BCUT2D eigenvalue weighted by molar-refractivity contribution is 5.74. The van der Waals surface area contributed by atoms with E-state index < -0.39 is 54.6 Å². The first kappa shape index (κ1) is 43.5. The molecule has 0 aromatic rings. The fraction of sp³-hybridized carbons (Fsp3) is 0.647. The van der Waals surface area contributed by atoms with Crippen LogP contribution in [0.4, 0.5) is 0 Å². The Kier molecular flexibility index (Phi) is 40.7. The number of carboxylic acids is 4. The second-order valence-corrected chi connectivity index (χ2v) is 5.63. The largest absolute Gasteiger partial charge is 0.481 e. The Hall–Kier alpha value is -3.34. The van der Waals surface area contributed by atoms with Gasteiger partial charge in [0.15, 0.2) is 0 Å². The van der Waals surface area contributed by atoms with Gasteiger partial charge >= 0.3 is 17.9 Å². The van der Waals surface area contributed by atoms with Gasteiger partial charge in [0.1, 0.15) is 18.7 Å². The molecule has 0 heterocycles. The van der Waals surface area contributed by atoms with Crippen molar-refractivity contribution in [3.8, 4) is 0 Å². The van der Waals surface area contributed by atoms with E-state index >= 15 is 0 Å². The first-order valence-corrected chi connectivity index (χ1v) is 8.92. The number of amides is 2. The summed E-state index contributed by atoms with van der Waals surface area (Å²) in [5.41, 5.74) is 18.6. The van der Waals surface area contributed by atoms with Gasteiger partial charge in [-0.15, -0.1) is 0 Å². The summed E-state index contributed by atoms with van der Waals surface area (Å²) in [5, 5.41) is 47.4. The van der Waals surface area contributed by atoms with E-state index in [9.17, 15) is 24.0 Å². The van der Waals surface area contributed by atoms with Gasteiger partial charge in [-0.2, -0.15) is 0 Å². The summed E-state index contributed by atoms with van der Waals surface area (Å²) in [6.45, 7) is 6.43. The summed E-state index contributed by atoms with van der Waals surface area (Å²) in [6.07, 6.45) is 0.0440. The molecule has 3 unspecified atom stereocenters. The molecular weight excluding hydrogens is 452 g/mol. The fourth-order valence-electron chi connectivity index (χ4n) is 0.420. The lowest BCUT2D eigenvalue weighted by molar-refractivity contribution is -0.141. The molecule has 16 nitrogen and oxygen atoms in total. The second kappa shape index (κ2) is 30.9. The molecule has 0 spiro atoms. The Morgan fingerprint density at radius 3 is 1.06 bits per heavy atom. The Morgan fingerprint density at radius 1 is 0.818 bits per heavy atom. The van der Waals surface area contributed by atoms with Gasteiger partial charge in [0, 0.05) is 20.3 Å². The maximum absolute atomic E-state index is 9.86. The maximum atomic E-state index is 9.86. The number of hydrogen-bond donors (Lipinski definition) is 10. The van der Waals surface area contributed by atoms with E-state index in [1.54, 1.807) is 0 Å². The Bertz CT molecular complexity index is 534. The van der Waals surface area contributed by atoms with Crippen molar-refractivity contribution in [1.82, 2.24) is 0 Å². The molecule has 33 heavy (non-hydrogen) atoms. The highest BCUT2D eigenvalue weighted by Gasteiger charge is 2.16. The van der Waals surface area contributed by atoms with Crippen molar-refractivity contribution < 1.29 is 59.4 Å². The van der Waals surface area contributed by atoms with Crippen LogP contribution in [0.3, 0.4) is 0 Å². The van der Waals surface area contributed by atoms with E-state index in [2.05, 4.69) is 11.5 Å². The molecule has 198 valence electrons. The van der Waals surface area contributed by atoms with E-state index in [-0.39, 0.29) is 5.91 Å².